The number of rotatable bonds is 2. The number of hydrogen-bond donors (Lipinski definition) is 1. The van der Waals surface area contributed by atoms with Gasteiger partial charge in [0.05, 0.1) is 0 Å². The molecule has 1 heterocycles. The van der Waals surface area contributed by atoms with Crippen molar-refractivity contribution in [2.24, 2.45) is 11.7 Å². The highest BCUT2D eigenvalue weighted by Gasteiger charge is 2.25. The molecule has 0 aromatic heterocycles. The number of carbonyl (C=O) groups excluding carboxylic acids is 1. The predicted octanol–water partition coefficient (Wildman–Crippen LogP) is 1.94. The van der Waals surface area contributed by atoms with Gasteiger partial charge in [-0.2, -0.15) is 0 Å². The second-order valence-corrected chi connectivity index (χ2v) is 5.10. The molecule has 1 atom stereocenters. The third kappa shape index (κ3) is 3.63. The van der Waals surface area contributed by atoms with Crippen LogP contribution in [-0.2, 0) is 4.79 Å². The van der Waals surface area contributed by atoms with E-state index in [9.17, 15) is 4.79 Å². The van der Waals surface area contributed by atoms with Crippen LogP contribution in [0.1, 0.15) is 44.9 Å². The van der Waals surface area contributed by atoms with Gasteiger partial charge in [0.15, 0.2) is 0 Å². The molecular formula is C12H23ClN2O. The summed E-state index contributed by atoms with van der Waals surface area (Å²) >= 11 is 0. The van der Waals surface area contributed by atoms with Gasteiger partial charge < -0.3 is 10.6 Å². The fourth-order valence-electron chi connectivity index (χ4n) is 2.83. The molecule has 0 radical (unpaired) electrons. The first-order chi connectivity index (χ1) is 7.25. The molecule has 0 spiro atoms. The quantitative estimate of drug-likeness (QED) is 0.810. The molecule has 1 aliphatic heterocycles. The molecule has 2 aliphatic rings. The second kappa shape index (κ2) is 6.45. The van der Waals surface area contributed by atoms with Crippen LogP contribution in [0, 0.1) is 5.92 Å². The molecule has 2 fully saturated rings. The second-order valence-electron chi connectivity index (χ2n) is 5.10. The Balaban J connectivity index is 0.00000128. The van der Waals surface area contributed by atoms with Crippen LogP contribution in [0.15, 0.2) is 0 Å². The average Bonchev–Trinajstić information content (AvgIpc) is 2.70. The van der Waals surface area contributed by atoms with Crippen LogP contribution in [0.5, 0.6) is 0 Å². The number of halogens is 1. The number of amides is 1. The molecule has 2 rings (SSSR count). The molecule has 1 unspecified atom stereocenters. The van der Waals surface area contributed by atoms with Crippen LogP contribution < -0.4 is 5.73 Å². The summed E-state index contributed by atoms with van der Waals surface area (Å²) in [7, 11) is 0. The maximum atomic E-state index is 12.0. The molecule has 0 aromatic rings. The molecule has 3 nitrogen and oxygen atoms in total. The summed E-state index contributed by atoms with van der Waals surface area (Å²) in [4.78, 5) is 13.9. The van der Waals surface area contributed by atoms with E-state index in [0.29, 0.717) is 11.8 Å². The van der Waals surface area contributed by atoms with Gasteiger partial charge in [0.25, 0.3) is 0 Å². The van der Waals surface area contributed by atoms with Crippen LogP contribution in [-0.4, -0.2) is 29.9 Å². The molecule has 1 amide bonds. The van der Waals surface area contributed by atoms with E-state index < -0.39 is 0 Å². The largest absolute Gasteiger partial charge is 0.341 e. The molecule has 1 aliphatic carbocycles. The highest BCUT2D eigenvalue weighted by atomic mass is 35.5. The van der Waals surface area contributed by atoms with Crippen molar-refractivity contribution in [2.45, 2.75) is 51.0 Å². The zero-order valence-electron chi connectivity index (χ0n) is 9.86. The molecule has 4 heteroatoms. The Labute approximate surface area is 104 Å². The molecule has 16 heavy (non-hydrogen) atoms. The SMILES string of the molecule is Cl.NC1CCCN(C(=O)CC2CCCC2)C1. The standard InChI is InChI=1S/C12H22N2O.ClH/c13-11-6-3-7-14(9-11)12(15)8-10-4-1-2-5-10;/h10-11H,1-9,13H2;1H. The fourth-order valence-corrected chi connectivity index (χ4v) is 2.83. The minimum absolute atomic E-state index is 0. The molecule has 2 N–H and O–H groups in total. The maximum absolute atomic E-state index is 12.0. The first kappa shape index (κ1) is 13.8. The van der Waals surface area contributed by atoms with Crippen molar-refractivity contribution >= 4 is 18.3 Å². The van der Waals surface area contributed by atoms with E-state index in [1.807, 2.05) is 4.90 Å². The minimum atomic E-state index is 0. The first-order valence-electron chi connectivity index (χ1n) is 6.29. The van der Waals surface area contributed by atoms with Gasteiger partial charge in [-0.15, -0.1) is 12.4 Å². The van der Waals surface area contributed by atoms with Gasteiger partial charge in [0, 0.05) is 25.6 Å². The molecule has 1 saturated heterocycles. The highest BCUT2D eigenvalue weighted by molar-refractivity contribution is 5.85. The van der Waals surface area contributed by atoms with Gasteiger partial charge in [0.1, 0.15) is 0 Å². The van der Waals surface area contributed by atoms with Crippen LogP contribution in [0.25, 0.3) is 0 Å². The monoisotopic (exact) mass is 246 g/mol. The van der Waals surface area contributed by atoms with E-state index in [1.54, 1.807) is 0 Å². The summed E-state index contributed by atoms with van der Waals surface area (Å²) in [5.41, 5.74) is 5.88. The van der Waals surface area contributed by atoms with Gasteiger partial charge in [-0.3, -0.25) is 4.79 Å². The number of piperidine rings is 1. The molecule has 0 aromatic carbocycles. The Kier molecular flexibility index (Phi) is 5.56. The normalized spacial score (nSPS) is 26.6. The van der Waals surface area contributed by atoms with Crippen molar-refractivity contribution in [1.82, 2.24) is 4.90 Å². The van der Waals surface area contributed by atoms with E-state index in [4.69, 9.17) is 5.73 Å². The number of carbonyl (C=O) groups is 1. The van der Waals surface area contributed by atoms with Crippen LogP contribution >= 0.6 is 12.4 Å². The third-order valence-corrected chi connectivity index (χ3v) is 3.75. The minimum Gasteiger partial charge on any atom is -0.341 e. The van der Waals surface area contributed by atoms with E-state index >= 15 is 0 Å². The van der Waals surface area contributed by atoms with Gasteiger partial charge >= 0.3 is 0 Å². The summed E-state index contributed by atoms with van der Waals surface area (Å²) < 4.78 is 0. The number of nitrogens with zero attached hydrogens (tertiary/aromatic N) is 1. The lowest BCUT2D eigenvalue weighted by Crippen LogP contribution is -2.46. The Bertz CT molecular complexity index is 229. The lowest BCUT2D eigenvalue weighted by Gasteiger charge is -2.31. The Hall–Kier alpha value is -0.280. The van der Waals surface area contributed by atoms with Gasteiger partial charge in [0.2, 0.25) is 5.91 Å². The Morgan fingerprint density at radius 2 is 1.88 bits per heavy atom. The summed E-state index contributed by atoms with van der Waals surface area (Å²) in [6.45, 7) is 1.71. The zero-order valence-corrected chi connectivity index (χ0v) is 10.7. The van der Waals surface area contributed by atoms with Crippen LogP contribution in [0.2, 0.25) is 0 Å². The van der Waals surface area contributed by atoms with Crippen molar-refractivity contribution in [3.63, 3.8) is 0 Å². The summed E-state index contributed by atoms with van der Waals surface area (Å²) in [5, 5.41) is 0. The number of likely N-dealkylation sites (tertiary alicyclic amines) is 1. The topological polar surface area (TPSA) is 46.3 Å². The zero-order chi connectivity index (χ0) is 10.7. The summed E-state index contributed by atoms with van der Waals surface area (Å²) in [6, 6.07) is 0.214. The maximum Gasteiger partial charge on any atom is 0.222 e. The van der Waals surface area contributed by atoms with Crippen LogP contribution in [0.3, 0.4) is 0 Å². The molecular weight excluding hydrogens is 224 g/mol. The number of hydrogen-bond acceptors (Lipinski definition) is 2. The molecule has 94 valence electrons. The van der Waals surface area contributed by atoms with Crippen molar-refractivity contribution in [1.29, 1.82) is 0 Å². The summed E-state index contributed by atoms with van der Waals surface area (Å²) in [6.07, 6.45) is 8.07. The average molecular weight is 247 g/mol. The predicted molar refractivity (Wildman–Crippen MR) is 67.6 cm³/mol. The fraction of sp³-hybridized carbons (Fsp3) is 0.917. The number of nitrogens with two attached hydrogens (primary N) is 1. The lowest BCUT2D eigenvalue weighted by atomic mass is 10.0. The highest BCUT2D eigenvalue weighted by Crippen LogP contribution is 2.28. The van der Waals surface area contributed by atoms with E-state index in [2.05, 4.69) is 0 Å². The Morgan fingerprint density at radius 1 is 1.19 bits per heavy atom. The van der Waals surface area contributed by atoms with Crippen molar-refractivity contribution in [2.75, 3.05) is 13.1 Å². The van der Waals surface area contributed by atoms with E-state index in [-0.39, 0.29) is 18.4 Å². The van der Waals surface area contributed by atoms with Gasteiger partial charge in [-0.05, 0) is 31.6 Å². The Morgan fingerprint density at radius 3 is 2.50 bits per heavy atom. The van der Waals surface area contributed by atoms with E-state index in [1.165, 1.54) is 25.7 Å². The lowest BCUT2D eigenvalue weighted by molar-refractivity contribution is -0.133. The van der Waals surface area contributed by atoms with Crippen LogP contribution in [0.4, 0.5) is 0 Å². The third-order valence-electron chi connectivity index (χ3n) is 3.75. The van der Waals surface area contributed by atoms with Gasteiger partial charge in [-0.25, -0.2) is 0 Å². The summed E-state index contributed by atoms with van der Waals surface area (Å²) in [5.74, 6) is 1.01. The molecule has 0 bridgehead atoms. The molecule has 1 saturated carbocycles. The van der Waals surface area contributed by atoms with Crippen molar-refractivity contribution in [3.8, 4) is 0 Å². The smallest absolute Gasteiger partial charge is 0.222 e. The first-order valence-corrected chi connectivity index (χ1v) is 6.29. The van der Waals surface area contributed by atoms with Crippen molar-refractivity contribution in [3.05, 3.63) is 0 Å². The van der Waals surface area contributed by atoms with E-state index in [0.717, 1.165) is 32.4 Å². The van der Waals surface area contributed by atoms with Gasteiger partial charge in [-0.1, -0.05) is 12.8 Å². The van der Waals surface area contributed by atoms with Crippen molar-refractivity contribution < 1.29 is 4.79 Å².